The number of hydrogen-bond donors (Lipinski definition) is 1. The van der Waals surface area contributed by atoms with Crippen molar-refractivity contribution in [1.82, 2.24) is 5.32 Å². The quantitative estimate of drug-likeness (QED) is 0.799. The monoisotopic (exact) mass is 261 g/mol. The van der Waals surface area contributed by atoms with E-state index in [0.717, 1.165) is 12.3 Å². The molecular formula is C15H19NOS. The molecule has 2 aromatic rings. The Morgan fingerprint density at radius 2 is 2.17 bits per heavy atom. The topological polar surface area (TPSA) is 21.3 Å². The maximum absolute atomic E-state index is 5.70. The minimum Gasteiger partial charge on any atom is -0.492 e. The third-order valence-electron chi connectivity index (χ3n) is 2.78. The van der Waals surface area contributed by atoms with Crippen LogP contribution < -0.4 is 10.1 Å². The van der Waals surface area contributed by atoms with Crippen molar-refractivity contribution in [2.75, 3.05) is 13.2 Å². The van der Waals surface area contributed by atoms with E-state index < -0.39 is 0 Å². The zero-order valence-electron chi connectivity index (χ0n) is 10.8. The summed E-state index contributed by atoms with van der Waals surface area (Å²) < 4.78 is 5.70. The molecule has 0 radical (unpaired) electrons. The first-order valence-corrected chi connectivity index (χ1v) is 7.10. The van der Waals surface area contributed by atoms with Gasteiger partial charge in [0.25, 0.3) is 0 Å². The Morgan fingerprint density at radius 3 is 2.89 bits per heavy atom. The van der Waals surface area contributed by atoms with Crippen LogP contribution in [0.2, 0.25) is 0 Å². The highest BCUT2D eigenvalue weighted by Gasteiger charge is 2.04. The van der Waals surface area contributed by atoms with E-state index >= 15 is 0 Å². The lowest BCUT2D eigenvalue weighted by Gasteiger charge is -2.12. The van der Waals surface area contributed by atoms with Gasteiger partial charge in [-0.2, -0.15) is 0 Å². The van der Waals surface area contributed by atoms with Crippen LogP contribution in [-0.2, 0) is 0 Å². The van der Waals surface area contributed by atoms with Gasteiger partial charge in [-0.25, -0.2) is 0 Å². The van der Waals surface area contributed by atoms with E-state index in [1.165, 1.54) is 10.4 Å². The standard InChI is InChI=1S/C15H19NOS/c1-12-5-3-6-14(11-12)17-9-8-16-13(2)15-7-4-10-18-15/h3-7,10-11,13,16H,8-9H2,1-2H3. The van der Waals surface area contributed by atoms with Crippen molar-refractivity contribution in [3.8, 4) is 5.75 Å². The molecule has 0 fully saturated rings. The number of thiophene rings is 1. The lowest BCUT2D eigenvalue weighted by molar-refractivity contribution is 0.308. The molecule has 96 valence electrons. The highest BCUT2D eigenvalue weighted by Crippen LogP contribution is 2.17. The Morgan fingerprint density at radius 1 is 1.28 bits per heavy atom. The number of ether oxygens (including phenoxy) is 1. The second-order valence-corrected chi connectivity index (χ2v) is 5.34. The van der Waals surface area contributed by atoms with E-state index in [-0.39, 0.29) is 0 Å². The number of hydrogen-bond acceptors (Lipinski definition) is 3. The summed E-state index contributed by atoms with van der Waals surface area (Å²) in [7, 11) is 0. The summed E-state index contributed by atoms with van der Waals surface area (Å²) in [5, 5.41) is 5.56. The molecule has 3 heteroatoms. The molecule has 1 aromatic carbocycles. The smallest absolute Gasteiger partial charge is 0.119 e. The first kappa shape index (κ1) is 13.1. The average molecular weight is 261 g/mol. The second-order valence-electron chi connectivity index (χ2n) is 4.36. The van der Waals surface area contributed by atoms with Gasteiger partial charge in [-0.15, -0.1) is 11.3 Å². The molecule has 0 spiro atoms. The van der Waals surface area contributed by atoms with Gasteiger partial charge in [0, 0.05) is 17.5 Å². The normalized spacial score (nSPS) is 12.3. The van der Waals surface area contributed by atoms with Crippen LogP contribution >= 0.6 is 11.3 Å². The van der Waals surface area contributed by atoms with Crippen LogP contribution in [0.15, 0.2) is 41.8 Å². The molecule has 0 saturated carbocycles. The zero-order chi connectivity index (χ0) is 12.8. The van der Waals surface area contributed by atoms with Gasteiger partial charge < -0.3 is 10.1 Å². The summed E-state index contributed by atoms with van der Waals surface area (Å²) in [6, 6.07) is 12.8. The molecular weight excluding hydrogens is 242 g/mol. The Hall–Kier alpha value is -1.32. The lowest BCUT2D eigenvalue weighted by atomic mass is 10.2. The van der Waals surface area contributed by atoms with Crippen molar-refractivity contribution in [3.05, 3.63) is 52.2 Å². The largest absolute Gasteiger partial charge is 0.492 e. The van der Waals surface area contributed by atoms with Gasteiger partial charge in [-0.3, -0.25) is 0 Å². The van der Waals surface area contributed by atoms with E-state index in [2.05, 4.69) is 48.8 Å². The lowest BCUT2D eigenvalue weighted by Crippen LogP contribution is -2.23. The van der Waals surface area contributed by atoms with E-state index in [4.69, 9.17) is 4.74 Å². The second kappa shape index (κ2) is 6.57. The molecule has 2 nitrogen and oxygen atoms in total. The molecule has 1 N–H and O–H groups in total. The molecule has 1 aromatic heterocycles. The maximum atomic E-state index is 5.70. The molecule has 0 bridgehead atoms. The van der Waals surface area contributed by atoms with Crippen molar-refractivity contribution in [1.29, 1.82) is 0 Å². The van der Waals surface area contributed by atoms with Crippen LogP contribution in [0, 0.1) is 6.92 Å². The van der Waals surface area contributed by atoms with Crippen LogP contribution in [0.25, 0.3) is 0 Å². The van der Waals surface area contributed by atoms with Gasteiger partial charge >= 0.3 is 0 Å². The van der Waals surface area contributed by atoms with E-state index in [1.54, 1.807) is 11.3 Å². The van der Waals surface area contributed by atoms with Crippen molar-refractivity contribution < 1.29 is 4.74 Å². The number of rotatable bonds is 6. The van der Waals surface area contributed by atoms with Crippen LogP contribution in [-0.4, -0.2) is 13.2 Å². The van der Waals surface area contributed by atoms with E-state index in [9.17, 15) is 0 Å². The van der Waals surface area contributed by atoms with Gasteiger partial charge in [0.15, 0.2) is 0 Å². The first-order valence-electron chi connectivity index (χ1n) is 6.22. The summed E-state index contributed by atoms with van der Waals surface area (Å²) in [5.41, 5.74) is 1.23. The average Bonchev–Trinajstić information content (AvgIpc) is 2.88. The Kier molecular flexibility index (Phi) is 4.79. The molecule has 0 aliphatic heterocycles. The molecule has 0 saturated heterocycles. The Balaban J connectivity index is 1.70. The molecule has 0 amide bonds. The van der Waals surface area contributed by atoms with Crippen LogP contribution in [0.1, 0.15) is 23.4 Å². The molecule has 2 rings (SSSR count). The first-order chi connectivity index (χ1) is 8.75. The predicted molar refractivity (Wildman–Crippen MR) is 77.4 cm³/mol. The van der Waals surface area contributed by atoms with Crippen molar-refractivity contribution in [2.45, 2.75) is 19.9 Å². The van der Waals surface area contributed by atoms with Gasteiger partial charge in [0.1, 0.15) is 12.4 Å². The fourth-order valence-corrected chi connectivity index (χ4v) is 2.55. The molecule has 1 atom stereocenters. The van der Waals surface area contributed by atoms with Crippen LogP contribution in [0.3, 0.4) is 0 Å². The van der Waals surface area contributed by atoms with Crippen molar-refractivity contribution in [2.24, 2.45) is 0 Å². The zero-order valence-corrected chi connectivity index (χ0v) is 11.7. The predicted octanol–water partition coefficient (Wildman–Crippen LogP) is 3.79. The highest BCUT2D eigenvalue weighted by molar-refractivity contribution is 7.10. The SMILES string of the molecule is Cc1cccc(OCCNC(C)c2cccs2)c1. The highest BCUT2D eigenvalue weighted by atomic mass is 32.1. The van der Waals surface area contributed by atoms with Gasteiger partial charge in [-0.05, 0) is 43.0 Å². The summed E-state index contributed by atoms with van der Waals surface area (Å²) in [4.78, 5) is 1.37. The molecule has 18 heavy (non-hydrogen) atoms. The van der Waals surface area contributed by atoms with Crippen LogP contribution in [0.5, 0.6) is 5.75 Å². The molecule has 1 unspecified atom stereocenters. The van der Waals surface area contributed by atoms with Gasteiger partial charge in [-0.1, -0.05) is 18.2 Å². The number of aryl methyl sites for hydroxylation is 1. The van der Waals surface area contributed by atoms with Crippen molar-refractivity contribution >= 4 is 11.3 Å². The van der Waals surface area contributed by atoms with E-state index in [0.29, 0.717) is 12.6 Å². The molecule has 1 heterocycles. The molecule has 0 aliphatic rings. The fourth-order valence-electron chi connectivity index (χ4n) is 1.79. The maximum Gasteiger partial charge on any atom is 0.119 e. The van der Waals surface area contributed by atoms with E-state index in [1.807, 2.05) is 12.1 Å². The minimum absolute atomic E-state index is 0.395. The summed E-state index contributed by atoms with van der Waals surface area (Å²) in [6.45, 7) is 5.80. The fraction of sp³-hybridized carbons (Fsp3) is 0.333. The Labute approximate surface area is 113 Å². The Bertz CT molecular complexity index is 467. The van der Waals surface area contributed by atoms with Gasteiger partial charge in [0.05, 0.1) is 0 Å². The summed E-state index contributed by atoms with van der Waals surface area (Å²) in [5.74, 6) is 0.945. The number of benzene rings is 1. The van der Waals surface area contributed by atoms with Gasteiger partial charge in [0.2, 0.25) is 0 Å². The third kappa shape index (κ3) is 3.86. The van der Waals surface area contributed by atoms with Crippen LogP contribution in [0.4, 0.5) is 0 Å². The number of nitrogens with one attached hydrogen (secondary N) is 1. The summed E-state index contributed by atoms with van der Waals surface area (Å²) in [6.07, 6.45) is 0. The summed E-state index contributed by atoms with van der Waals surface area (Å²) >= 11 is 1.78. The van der Waals surface area contributed by atoms with Crippen molar-refractivity contribution in [3.63, 3.8) is 0 Å². The minimum atomic E-state index is 0.395. The molecule has 0 aliphatic carbocycles. The third-order valence-corrected chi connectivity index (χ3v) is 3.84.